The first-order chi connectivity index (χ1) is 9.51. The molecule has 0 aliphatic carbocycles. The number of benzene rings is 1. The summed E-state index contributed by atoms with van der Waals surface area (Å²) in [4.78, 5) is 33.2. The lowest BCUT2D eigenvalue weighted by Crippen LogP contribution is -2.16. The summed E-state index contributed by atoms with van der Waals surface area (Å²) in [5.41, 5.74) is 1.16. The molecule has 0 saturated carbocycles. The molecule has 0 saturated heterocycles. The average molecular weight is 296 g/mol. The zero-order valence-corrected chi connectivity index (χ0v) is 11.8. The van der Waals surface area contributed by atoms with Gasteiger partial charge in [-0.25, -0.2) is 0 Å². The second-order valence-electron chi connectivity index (χ2n) is 3.92. The van der Waals surface area contributed by atoms with Gasteiger partial charge in [-0.1, -0.05) is 13.0 Å². The minimum absolute atomic E-state index is 0.0673. The van der Waals surface area contributed by atoms with E-state index in [0.29, 0.717) is 17.8 Å². The SMILES string of the molecule is CCC(=O)Nc1cccc(NC(=O)CSCC(=O)O)c1. The van der Waals surface area contributed by atoms with Crippen molar-refractivity contribution in [2.24, 2.45) is 0 Å². The van der Waals surface area contributed by atoms with Crippen LogP contribution in [-0.4, -0.2) is 34.4 Å². The van der Waals surface area contributed by atoms with Crippen LogP contribution in [-0.2, 0) is 14.4 Å². The van der Waals surface area contributed by atoms with E-state index < -0.39 is 5.97 Å². The zero-order valence-electron chi connectivity index (χ0n) is 11.0. The number of carbonyl (C=O) groups is 3. The van der Waals surface area contributed by atoms with Crippen molar-refractivity contribution in [3.05, 3.63) is 24.3 Å². The molecule has 20 heavy (non-hydrogen) atoms. The van der Waals surface area contributed by atoms with Crippen molar-refractivity contribution >= 4 is 40.9 Å². The van der Waals surface area contributed by atoms with E-state index in [1.165, 1.54) is 0 Å². The van der Waals surface area contributed by atoms with Crippen LogP contribution in [0.3, 0.4) is 0 Å². The molecule has 0 unspecified atom stereocenters. The zero-order chi connectivity index (χ0) is 15.0. The lowest BCUT2D eigenvalue weighted by atomic mass is 10.2. The largest absolute Gasteiger partial charge is 0.481 e. The fraction of sp³-hybridized carbons (Fsp3) is 0.308. The van der Waals surface area contributed by atoms with Gasteiger partial charge in [0.25, 0.3) is 0 Å². The van der Waals surface area contributed by atoms with Crippen molar-refractivity contribution in [3.8, 4) is 0 Å². The smallest absolute Gasteiger partial charge is 0.313 e. The molecule has 2 amide bonds. The highest BCUT2D eigenvalue weighted by molar-refractivity contribution is 8.00. The molecule has 0 fully saturated rings. The molecule has 3 N–H and O–H groups in total. The van der Waals surface area contributed by atoms with Gasteiger partial charge in [0, 0.05) is 17.8 Å². The number of carbonyl (C=O) groups excluding carboxylic acids is 2. The highest BCUT2D eigenvalue weighted by atomic mass is 32.2. The Hall–Kier alpha value is -2.02. The van der Waals surface area contributed by atoms with Crippen molar-refractivity contribution < 1.29 is 19.5 Å². The van der Waals surface area contributed by atoms with Gasteiger partial charge in [0.2, 0.25) is 11.8 Å². The van der Waals surface area contributed by atoms with E-state index in [1.807, 2.05) is 0 Å². The number of nitrogens with one attached hydrogen (secondary N) is 2. The Morgan fingerprint density at radius 2 is 1.70 bits per heavy atom. The molecule has 0 aromatic heterocycles. The summed E-state index contributed by atoms with van der Waals surface area (Å²) in [6.07, 6.45) is 0.377. The van der Waals surface area contributed by atoms with Gasteiger partial charge in [-0.15, -0.1) is 11.8 Å². The van der Waals surface area contributed by atoms with Crippen LogP contribution in [0.1, 0.15) is 13.3 Å². The van der Waals surface area contributed by atoms with E-state index in [1.54, 1.807) is 31.2 Å². The van der Waals surface area contributed by atoms with Crippen molar-refractivity contribution in [1.82, 2.24) is 0 Å². The second kappa shape index (κ2) is 8.21. The van der Waals surface area contributed by atoms with Gasteiger partial charge in [-0.05, 0) is 18.2 Å². The molecule has 1 rings (SSSR count). The highest BCUT2D eigenvalue weighted by Gasteiger charge is 2.06. The number of hydrogen-bond acceptors (Lipinski definition) is 4. The molecule has 0 aliphatic heterocycles. The van der Waals surface area contributed by atoms with Crippen LogP contribution < -0.4 is 10.6 Å². The third-order valence-corrected chi connectivity index (χ3v) is 3.13. The van der Waals surface area contributed by atoms with Crippen LogP contribution in [0.15, 0.2) is 24.3 Å². The lowest BCUT2D eigenvalue weighted by molar-refractivity contribution is -0.133. The quantitative estimate of drug-likeness (QED) is 0.713. The first kappa shape index (κ1) is 16.0. The number of aliphatic carboxylic acids is 1. The fourth-order valence-electron chi connectivity index (χ4n) is 1.35. The summed E-state index contributed by atoms with van der Waals surface area (Å²) in [6, 6.07) is 6.78. The molecule has 108 valence electrons. The summed E-state index contributed by atoms with van der Waals surface area (Å²) in [6.45, 7) is 1.75. The summed E-state index contributed by atoms with van der Waals surface area (Å²) >= 11 is 1.03. The Balaban J connectivity index is 2.50. The molecule has 0 radical (unpaired) electrons. The summed E-state index contributed by atoms with van der Waals surface area (Å²) in [5, 5.41) is 13.8. The Kier molecular flexibility index (Phi) is 6.58. The highest BCUT2D eigenvalue weighted by Crippen LogP contribution is 2.15. The van der Waals surface area contributed by atoms with Gasteiger partial charge in [0.1, 0.15) is 0 Å². The maximum atomic E-state index is 11.6. The van der Waals surface area contributed by atoms with Crippen molar-refractivity contribution in [3.63, 3.8) is 0 Å². The summed E-state index contributed by atoms with van der Waals surface area (Å²) in [5.74, 6) is -1.38. The van der Waals surface area contributed by atoms with Crippen molar-refractivity contribution in [2.45, 2.75) is 13.3 Å². The number of thioether (sulfide) groups is 1. The number of amides is 2. The molecule has 6 nitrogen and oxygen atoms in total. The molecule has 7 heteroatoms. The number of carboxylic acid groups (broad SMARTS) is 1. The van der Waals surface area contributed by atoms with E-state index in [9.17, 15) is 14.4 Å². The predicted octanol–water partition coefficient (Wildman–Crippen LogP) is 1.79. The van der Waals surface area contributed by atoms with Crippen LogP contribution in [0.4, 0.5) is 11.4 Å². The van der Waals surface area contributed by atoms with E-state index in [2.05, 4.69) is 10.6 Å². The standard InChI is InChI=1S/C13H16N2O4S/c1-2-11(16)14-9-4-3-5-10(6-9)15-12(17)7-20-8-13(18)19/h3-6H,2,7-8H2,1H3,(H,14,16)(H,15,17)(H,18,19). The molecule has 0 aliphatic rings. The number of hydrogen-bond donors (Lipinski definition) is 3. The molecule has 1 aromatic carbocycles. The number of rotatable bonds is 7. The average Bonchev–Trinajstić information content (AvgIpc) is 2.38. The third kappa shape index (κ3) is 6.24. The van der Waals surface area contributed by atoms with E-state index in [4.69, 9.17) is 5.11 Å². The van der Waals surface area contributed by atoms with Gasteiger partial charge in [0.15, 0.2) is 0 Å². The first-order valence-corrected chi connectivity index (χ1v) is 7.16. The van der Waals surface area contributed by atoms with Gasteiger partial charge in [-0.2, -0.15) is 0 Å². The lowest BCUT2D eigenvalue weighted by Gasteiger charge is -2.08. The molecular weight excluding hydrogens is 280 g/mol. The van der Waals surface area contributed by atoms with Gasteiger partial charge in [0.05, 0.1) is 11.5 Å². The molecule has 0 atom stereocenters. The van der Waals surface area contributed by atoms with E-state index >= 15 is 0 Å². The van der Waals surface area contributed by atoms with Crippen LogP contribution in [0.25, 0.3) is 0 Å². The summed E-state index contributed by atoms with van der Waals surface area (Å²) < 4.78 is 0. The number of anilines is 2. The van der Waals surface area contributed by atoms with Crippen LogP contribution in [0, 0.1) is 0 Å². The minimum Gasteiger partial charge on any atom is -0.481 e. The first-order valence-electron chi connectivity index (χ1n) is 6.00. The fourth-order valence-corrected chi connectivity index (χ4v) is 1.89. The Labute approximate surface area is 120 Å². The van der Waals surface area contributed by atoms with Gasteiger partial charge < -0.3 is 15.7 Å². The Bertz CT molecular complexity index is 505. The summed E-state index contributed by atoms with van der Waals surface area (Å²) in [7, 11) is 0. The Morgan fingerprint density at radius 3 is 2.25 bits per heavy atom. The maximum Gasteiger partial charge on any atom is 0.313 e. The predicted molar refractivity (Wildman–Crippen MR) is 79.0 cm³/mol. The van der Waals surface area contributed by atoms with E-state index in [-0.39, 0.29) is 23.3 Å². The number of carboxylic acids is 1. The third-order valence-electron chi connectivity index (χ3n) is 2.21. The normalized spacial score (nSPS) is 9.85. The maximum absolute atomic E-state index is 11.6. The van der Waals surface area contributed by atoms with Crippen LogP contribution in [0.5, 0.6) is 0 Å². The molecule has 1 aromatic rings. The molecule has 0 heterocycles. The minimum atomic E-state index is -0.952. The van der Waals surface area contributed by atoms with Gasteiger partial charge >= 0.3 is 5.97 Å². The second-order valence-corrected chi connectivity index (χ2v) is 4.90. The molecule has 0 bridgehead atoms. The topological polar surface area (TPSA) is 95.5 Å². The van der Waals surface area contributed by atoms with Crippen LogP contribution >= 0.6 is 11.8 Å². The van der Waals surface area contributed by atoms with Gasteiger partial charge in [-0.3, -0.25) is 14.4 Å². The van der Waals surface area contributed by atoms with Crippen molar-refractivity contribution in [1.29, 1.82) is 0 Å². The molecule has 0 spiro atoms. The van der Waals surface area contributed by atoms with Crippen LogP contribution in [0.2, 0.25) is 0 Å². The Morgan fingerprint density at radius 1 is 1.10 bits per heavy atom. The van der Waals surface area contributed by atoms with E-state index in [0.717, 1.165) is 11.8 Å². The monoisotopic (exact) mass is 296 g/mol. The van der Waals surface area contributed by atoms with Crippen molar-refractivity contribution in [2.75, 3.05) is 22.1 Å². The molecular formula is C13H16N2O4S.